The molecular formula is C8H10N4. The lowest BCUT2D eigenvalue weighted by Gasteiger charge is -1.96. The number of nitrogen functional groups attached to an aromatic ring is 1. The molecule has 0 aliphatic carbocycles. The highest BCUT2D eigenvalue weighted by molar-refractivity contribution is 5.38. The maximum Gasteiger partial charge on any atom is 0.141 e. The molecule has 0 radical (unpaired) electrons. The molecule has 1 aromatic heterocycles. The molecule has 0 unspecified atom stereocenters. The Kier molecular flexibility index (Phi) is 3.08. The van der Waals surface area contributed by atoms with E-state index >= 15 is 0 Å². The minimum atomic E-state index is 0.335. The predicted molar refractivity (Wildman–Crippen MR) is 48.0 cm³/mol. The maximum absolute atomic E-state index is 5.21. The monoisotopic (exact) mass is 162 g/mol. The zero-order chi connectivity index (χ0) is 8.81. The Morgan fingerprint density at radius 3 is 3.00 bits per heavy atom. The number of hydrogen-bond donors (Lipinski definition) is 3. The molecule has 62 valence electrons. The van der Waals surface area contributed by atoms with Crippen molar-refractivity contribution in [2.75, 3.05) is 12.0 Å². The summed E-state index contributed by atoms with van der Waals surface area (Å²) in [5, 5.41) is 0. The van der Waals surface area contributed by atoms with Crippen LogP contribution in [0.3, 0.4) is 0 Å². The number of nitrogens with zero attached hydrogens (tertiary/aromatic N) is 1. The Labute approximate surface area is 70.9 Å². The van der Waals surface area contributed by atoms with E-state index in [4.69, 9.17) is 11.6 Å². The summed E-state index contributed by atoms with van der Waals surface area (Å²) in [7, 11) is 0. The van der Waals surface area contributed by atoms with E-state index in [1.165, 1.54) is 0 Å². The van der Waals surface area contributed by atoms with Crippen LogP contribution >= 0.6 is 0 Å². The molecule has 0 saturated heterocycles. The first-order chi connectivity index (χ1) is 5.86. The van der Waals surface area contributed by atoms with Gasteiger partial charge in [-0.05, 0) is 18.1 Å². The highest BCUT2D eigenvalue weighted by Gasteiger charge is 1.90. The predicted octanol–water partition coefficient (Wildman–Crippen LogP) is -0.323. The van der Waals surface area contributed by atoms with E-state index < -0.39 is 0 Å². The summed E-state index contributed by atoms with van der Waals surface area (Å²) < 4.78 is 0. The number of hydrazine groups is 1. The van der Waals surface area contributed by atoms with Crippen molar-refractivity contribution in [3.63, 3.8) is 0 Å². The number of hydrogen-bond acceptors (Lipinski definition) is 4. The van der Waals surface area contributed by atoms with Crippen LogP contribution in [0.1, 0.15) is 5.69 Å². The molecule has 0 amide bonds. The van der Waals surface area contributed by atoms with Crippen molar-refractivity contribution in [2.45, 2.75) is 0 Å². The number of aromatic nitrogens is 1. The van der Waals surface area contributed by atoms with Gasteiger partial charge in [0.25, 0.3) is 0 Å². The van der Waals surface area contributed by atoms with E-state index in [2.05, 4.69) is 22.3 Å². The molecule has 1 aromatic rings. The molecule has 0 spiro atoms. The molecule has 0 atom stereocenters. The molecule has 0 aromatic carbocycles. The van der Waals surface area contributed by atoms with Gasteiger partial charge in [-0.15, -0.1) is 0 Å². The Bertz CT molecular complexity index is 310. The summed E-state index contributed by atoms with van der Waals surface area (Å²) in [5.41, 5.74) is 8.30. The van der Waals surface area contributed by atoms with Gasteiger partial charge in [0.05, 0.1) is 6.54 Å². The highest BCUT2D eigenvalue weighted by Crippen LogP contribution is 2.00. The van der Waals surface area contributed by atoms with Gasteiger partial charge in [0, 0.05) is 0 Å². The minimum absolute atomic E-state index is 0.335. The number of pyridine rings is 1. The van der Waals surface area contributed by atoms with E-state index in [-0.39, 0.29) is 0 Å². The Hall–Kier alpha value is -1.57. The zero-order valence-electron chi connectivity index (χ0n) is 6.54. The van der Waals surface area contributed by atoms with Gasteiger partial charge < -0.3 is 11.2 Å². The average molecular weight is 162 g/mol. The van der Waals surface area contributed by atoms with Crippen LogP contribution < -0.4 is 17.0 Å². The number of nitrogens with two attached hydrogens (primary N) is 2. The first-order valence-corrected chi connectivity index (χ1v) is 3.49. The van der Waals surface area contributed by atoms with E-state index in [1.807, 2.05) is 6.07 Å². The number of nitrogens with one attached hydrogen (secondary N) is 1. The van der Waals surface area contributed by atoms with Crippen LogP contribution in [0.15, 0.2) is 18.2 Å². The van der Waals surface area contributed by atoms with Gasteiger partial charge in [-0.1, -0.05) is 12.0 Å². The molecule has 1 heterocycles. The van der Waals surface area contributed by atoms with Gasteiger partial charge in [-0.25, -0.2) is 10.8 Å². The second-order valence-corrected chi connectivity index (χ2v) is 2.06. The fourth-order valence-corrected chi connectivity index (χ4v) is 0.726. The standard InChI is InChI=1S/C8H10N4/c9-6-2-4-7-3-1-5-8(11-7)12-10/h1,3,5H,6,9-10H2,(H,11,12). The average Bonchev–Trinajstić information content (AvgIpc) is 2.15. The summed E-state index contributed by atoms with van der Waals surface area (Å²) >= 11 is 0. The molecule has 0 aliphatic rings. The quantitative estimate of drug-likeness (QED) is 0.300. The minimum Gasteiger partial charge on any atom is -0.320 e. The molecular weight excluding hydrogens is 152 g/mol. The highest BCUT2D eigenvalue weighted by atomic mass is 15.2. The van der Waals surface area contributed by atoms with Gasteiger partial charge in [-0.2, -0.15) is 0 Å². The van der Waals surface area contributed by atoms with Crippen molar-refractivity contribution in [3.05, 3.63) is 23.9 Å². The molecule has 0 fully saturated rings. The second kappa shape index (κ2) is 4.34. The van der Waals surface area contributed by atoms with Crippen molar-refractivity contribution in [2.24, 2.45) is 11.6 Å². The SMILES string of the molecule is NCC#Cc1cccc(NN)n1. The van der Waals surface area contributed by atoms with Crippen LogP contribution in [0.5, 0.6) is 0 Å². The summed E-state index contributed by atoms with van der Waals surface area (Å²) in [6.45, 7) is 0.335. The second-order valence-electron chi connectivity index (χ2n) is 2.06. The summed E-state index contributed by atoms with van der Waals surface area (Å²) in [5.74, 6) is 11.3. The molecule has 0 saturated carbocycles. The molecule has 5 N–H and O–H groups in total. The van der Waals surface area contributed by atoms with Crippen LogP contribution in [-0.4, -0.2) is 11.5 Å². The summed E-state index contributed by atoms with van der Waals surface area (Å²) in [6, 6.07) is 5.37. The molecule has 4 nitrogen and oxygen atoms in total. The van der Waals surface area contributed by atoms with Crippen molar-refractivity contribution in [1.82, 2.24) is 4.98 Å². The van der Waals surface area contributed by atoms with Crippen molar-refractivity contribution >= 4 is 5.82 Å². The Morgan fingerprint density at radius 2 is 2.33 bits per heavy atom. The number of anilines is 1. The zero-order valence-corrected chi connectivity index (χ0v) is 6.54. The lowest BCUT2D eigenvalue weighted by atomic mass is 10.3. The largest absolute Gasteiger partial charge is 0.320 e. The van der Waals surface area contributed by atoms with Crippen LogP contribution in [0.25, 0.3) is 0 Å². The molecule has 0 aliphatic heterocycles. The molecule has 1 rings (SSSR count). The van der Waals surface area contributed by atoms with Crippen molar-refractivity contribution in [1.29, 1.82) is 0 Å². The smallest absolute Gasteiger partial charge is 0.141 e. The van der Waals surface area contributed by atoms with Crippen LogP contribution in [0, 0.1) is 11.8 Å². The lowest BCUT2D eigenvalue weighted by Crippen LogP contribution is -2.08. The van der Waals surface area contributed by atoms with Crippen LogP contribution in [0.2, 0.25) is 0 Å². The molecule has 0 bridgehead atoms. The lowest BCUT2D eigenvalue weighted by molar-refractivity contribution is 1.21. The van der Waals surface area contributed by atoms with Gasteiger partial charge in [0.1, 0.15) is 11.5 Å². The van der Waals surface area contributed by atoms with Gasteiger partial charge in [0.15, 0.2) is 0 Å². The molecule has 4 heteroatoms. The first kappa shape index (κ1) is 8.53. The fourth-order valence-electron chi connectivity index (χ4n) is 0.726. The van der Waals surface area contributed by atoms with Gasteiger partial charge in [0.2, 0.25) is 0 Å². The van der Waals surface area contributed by atoms with Gasteiger partial charge in [-0.3, -0.25) is 0 Å². The maximum atomic E-state index is 5.21. The van der Waals surface area contributed by atoms with E-state index in [0.717, 1.165) is 0 Å². The Balaban J connectivity index is 2.86. The Morgan fingerprint density at radius 1 is 1.50 bits per heavy atom. The van der Waals surface area contributed by atoms with Gasteiger partial charge >= 0.3 is 0 Å². The third-order valence-electron chi connectivity index (χ3n) is 1.22. The van der Waals surface area contributed by atoms with Crippen LogP contribution in [0.4, 0.5) is 5.82 Å². The van der Waals surface area contributed by atoms with E-state index in [1.54, 1.807) is 12.1 Å². The fraction of sp³-hybridized carbons (Fsp3) is 0.125. The normalized spacial score (nSPS) is 8.50. The van der Waals surface area contributed by atoms with Crippen molar-refractivity contribution in [3.8, 4) is 11.8 Å². The summed E-state index contributed by atoms with van der Waals surface area (Å²) in [6.07, 6.45) is 0. The van der Waals surface area contributed by atoms with Crippen LogP contribution in [-0.2, 0) is 0 Å². The summed E-state index contributed by atoms with van der Waals surface area (Å²) in [4.78, 5) is 4.06. The van der Waals surface area contributed by atoms with E-state index in [9.17, 15) is 0 Å². The third-order valence-corrected chi connectivity index (χ3v) is 1.22. The number of rotatable bonds is 1. The molecule has 12 heavy (non-hydrogen) atoms. The topological polar surface area (TPSA) is 77.0 Å². The van der Waals surface area contributed by atoms with Crippen molar-refractivity contribution < 1.29 is 0 Å². The third kappa shape index (κ3) is 2.23. The van der Waals surface area contributed by atoms with E-state index in [0.29, 0.717) is 18.1 Å². The first-order valence-electron chi connectivity index (χ1n) is 3.49.